The number of piperazine rings is 1. The second kappa shape index (κ2) is 13.3. The summed E-state index contributed by atoms with van der Waals surface area (Å²) < 4.78 is 54.1. The number of aromatic nitrogens is 2. The van der Waals surface area contributed by atoms with Crippen molar-refractivity contribution < 1.29 is 32.3 Å². The molecule has 0 amide bonds. The molecule has 3 heterocycles. The van der Waals surface area contributed by atoms with E-state index in [2.05, 4.69) is 31.7 Å². The molecule has 5 rings (SSSR count). The molecule has 0 radical (unpaired) electrons. The second-order valence-corrected chi connectivity index (χ2v) is 10.5. The molecule has 13 heteroatoms. The fourth-order valence-electron chi connectivity index (χ4n) is 5.21. The highest BCUT2D eigenvalue weighted by Crippen LogP contribution is 2.26. The van der Waals surface area contributed by atoms with Gasteiger partial charge in [-0.15, -0.1) is 13.2 Å². The van der Waals surface area contributed by atoms with E-state index in [4.69, 9.17) is 9.47 Å². The summed E-state index contributed by atoms with van der Waals surface area (Å²) in [6.45, 7) is 5.84. The van der Waals surface area contributed by atoms with Gasteiger partial charge in [0.25, 0.3) is 0 Å². The van der Waals surface area contributed by atoms with Crippen LogP contribution in [0.1, 0.15) is 31.2 Å². The summed E-state index contributed by atoms with van der Waals surface area (Å²) in [6.07, 6.45) is 1.17. The van der Waals surface area contributed by atoms with Gasteiger partial charge < -0.3 is 29.2 Å². The van der Waals surface area contributed by atoms with E-state index in [9.17, 15) is 23.3 Å². The first kappa shape index (κ1) is 29.5. The van der Waals surface area contributed by atoms with Gasteiger partial charge in [-0.1, -0.05) is 18.6 Å². The Morgan fingerprint density at radius 1 is 0.952 bits per heavy atom. The van der Waals surface area contributed by atoms with Crippen LogP contribution in [0.15, 0.2) is 54.7 Å². The summed E-state index contributed by atoms with van der Waals surface area (Å²) in [6, 6.07) is 14.4. The first-order chi connectivity index (χ1) is 20.2. The number of benzene rings is 2. The Hall–Kier alpha value is -4.00. The molecule has 2 aromatic carbocycles. The molecule has 1 fully saturated rings. The number of anilines is 1. The van der Waals surface area contributed by atoms with Gasteiger partial charge in [0.15, 0.2) is 0 Å². The fraction of sp³-hybridized carbons (Fsp3) is 0.483. The molecule has 226 valence electrons. The zero-order valence-corrected chi connectivity index (χ0v) is 23.2. The van der Waals surface area contributed by atoms with Crippen LogP contribution in [0.5, 0.6) is 17.5 Å². The molecule has 1 atom stereocenters. The minimum absolute atomic E-state index is 0.188. The van der Waals surface area contributed by atoms with Crippen LogP contribution in [0, 0.1) is 10.1 Å². The summed E-state index contributed by atoms with van der Waals surface area (Å²) in [5, 5.41) is 10.9. The molecule has 0 N–H and O–H groups in total. The van der Waals surface area contributed by atoms with Gasteiger partial charge in [-0.05, 0) is 72.7 Å². The van der Waals surface area contributed by atoms with Crippen molar-refractivity contribution in [2.24, 2.45) is 0 Å². The molecule has 0 saturated carbocycles. The summed E-state index contributed by atoms with van der Waals surface area (Å²) in [5.41, 5.74) is 2.16. The Morgan fingerprint density at radius 2 is 1.67 bits per heavy atom. The molecule has 2 aliphatic heterocycles. The van der Waals surface area contributed by atoms with E-state index in [1.807, 2.05) is 12.1 Å². The Balaban J connectivity index is 0.958. The Labute approximate surface area is 241 Å². The molecule has 42 heavy (non-hydrogen) atoms. The van der Waals surface area contributed by atoms with Crippen LogP contribution in [0.2, 0.25) is 0 Å². The van der Waals surface area contributed by atoms with Crippen molar-refractivity contribution in [3.63, 3.8) is 0 Å². The quantitative estimate of drug-likeness (QED) is 0.156. The van der Waals surface area contributed by atoms with Crippen LogP contribution in [0.3, 0.4) is 0 Å². The first-order valence-corrected chi connectivity index (χ1v) is 14.1. The summed E-state index contributed by atoms with van der Waals surface area (Å²) >= 11 is 0. The number of unbranched alkanes of at least 4 members (excludes halogenated alkanes) is 2. The number of aryl methyl sites for hydroxylation is 2. The van der Waals surface area contributed by atoms with Gasteiger partial charge in [0.1, 0.15) is 30.4 Å². The lowest BCUT2D eigenvalue weighted by molar-refractivity contribution is -0.389. The minimum atomic E-state index is -4.66. The number of rotatable bonds is 12. The van der Waals surface area contributed by atoms with E-state index in [1.165, 1.54) is 18.3 Å². The van der Waals surface area contributed by atoms with Gasteiger partial charge in [-0.2, -0.15) is 0 Å². The van der Waals surface area contributed by atoms with Crippen molar-refractivity contribution in [2.75, 3.05) is 44.2 Å². The molecular formula is C29H34F3N5O5. The third-order valence-corrected chi connectivity index (χ3v) is 7.49. The topological polar surface area (TPSA) is 95.1 Å². The number of alkyl halides is 3. The highest BCUT2D eigenvalue weighted by Gasteiger charge is 2.31. The monoisotopic (exact) mass is 589 g/mol. The van der Waals surface area contributed by atoms with E-state index in [-0.39, 0.29) is 23.7 Å². The first-order valence-electron chi connectivity index (χ1n) is 14.1. The normalized spacial score (nSPS) is 17.4. The lowest BCUT2D eigenvalue weighted by Crippen LogP contribution is -2.46. The zero-order valence-electron chi connectivity index (χ0n) is 23.2. The number of hydrogen-bond acceptors (Lipinski definition) is 8. The third kappa shape index (κ3) is 8.28. The van der Waals surface area contributed by atoms with Crippen molar-refractivity contribution in [2.45, 2.75) is 51.1 Å². The molecule has 2 aliphatic rings. The Kier molecular flexibility index (Phi) is 9.35. The molecule has 0 spiro atoms. The number of imidazole rings is 1. The van der Waals surface area contributed by atoms with Crippen LogP contribution in [-0.2, 0) is 13.0 Å². The summed E-state index contributed by atoms with van der Waals surface area (Å²) in [7, 11) is 0. The average molecular weight is 590 g/mol. The number of hydrogen-bond donors (Lipinski definition) is 0. The standard InChI is InChI=1S/C29H34F3N5O5/c30-29(31,32)42-25-9-5-22(6-10-25)4-2-1-3-14-34-16-18-35(19-17-34)23-7-11-24(12-8-23)40-21-26-13-15-36-20-27(37(38)39)33-28(36)41-26/h5-12,20,26H,1-4,13-19,21H2. The molecular weight excluding hydrogens is 555 g/mol. The molecule has 1 aromatic heterocycles. The average Bonchev–Trinajstić information content (AvgIpc) is 3.41. The number of nitrogens with zero attached hydrogens (tertiary/aromatic N) is 5. The van der Waals surface area contributed by atoms with E-state index >= 15 is 0 Å². The smallest absolute Gasteiger partial charge is 0.490 e. The number of fused-ring (bicyclic) bond motifs is 1. The van der Waals surface area contributed by atoms with Gasteiger partial charge in [-0.25, -0.2) is 0 Å². The maximum absolute atomic E-state index is 12.3. The molecule has 0 aliphatic carbocycles. The predicted molar refractivity (Wildman–Crippen MR) is 149 cm³/mol. The fourth-order valence-corrected chi connectivity index (χ4v) is 5.21. The minimum Gasteiger partial charge on any atom is -0.490 e. The zero-order chi connectivity index (χ0) is 29.5. The van der Waals surface area contributed by atoms with Crippen molar-refractivity contribution in [3.05, 3.63) is 70.4 Å². The Bertz CT molecular complexity index is 1310. The van der Waals surface area contributed by atoms with Crippen LogP contribution >= 0.6 is 0 Å². The highest BCUT2D eigenvalue weighted by molar-refractivity contribution is 5.49. The van der Waals surface area contributed by atoms with Gasteiger partial charge >= 0.3 is 18.2 Å². The Morgan fingerprint density at radius 3 is 2.36 bits per heavy atom. The third-order valence-electron chi connectivity index (χ3n) is 7.49. The molecule has 1 saturated heterocycles. The van der Waals surface area contributed by atoms with Gasteiger partial charge in [0.05, 0.1) is 0 Å². The maximum Gasteiger partial charge on any atom is 0.573 e. The lowest BCUT2D eigenvalue weighted by atomic mass is 10.1. The van der Waals surface area contributed by atoms with Gasteiger partial charge in [0.2, 0.25) is 0 Å². The van der Waals surface area contributed by atoms with Crippen LogP contribution in [0.4, 0.5) is 24.7 Å². The maximum atomic E-state index is 12.3. The van der Waals surface area contributed by atoms with Crippen molar-refractivity contribution >= 4 is 11.5 Å². The van der Waals surface area contributed by atoms with E-state index in [1.54, 1.807) is 16.7 Å². The number of halogens is 3. The van der Waals surface area contributed by atoms with Crippen LogP contribution in [0.25, 0.3) is 0 Å². The molecule has 10 nitrogen and oxygen atoms in total. The van der Waals surface area contributed by atoms with Gasteiger partial charge in [-0.3, -0.25) is 9.47 Å². The van der Waals surface area contributed by atoms with E-state index < -0.39 is 11.3 Å². The molecule has 1 unspecified atom stereocenters. The van der Waals surface area contributed by atoms with Crippen LogP contribution in [-0.4, -0.2) is 71.2 Å². The lowest BCUT2D eigenvalue weighted by Gasteiger charge is -2.36. The number of nitro groups is 1. The largest absolute Gasteiger partial charge is 0.573 e. The predicted octanol–water partition coefficient (Wildman–Crippen LogP) is 5.46. The van der Waals surface area contributed by atoms with Gasteiger partial charge in [0, 0.05) is 49.8 Å². The van der Waals surface area contributed by atoms with Crippen LogP contribution < -0.4 is 19.1 Å². The van der Waals surface area contributed by atoms with E-state index in [0.717, 1.165) is 75.4 Å². The summed E-state index contributed by atoms with van der Waals surface area (Å²) in [5.74, 6) is 0.338. The van der Waals surface area contributed by atoms with Crippen molar-refractivity contribution in [1.82, 2.24) is 14.5 Å². The second-order valence-electron chi connectivity index (χ2n) is 10.5. The number of ether oxygens (including phenoxy) is 3. The highest BCUT2D eigenvalue weighted by atomic mass is 19.4. The molecule has 0 bridgehead atoms. The van der Waals surface area contributed by atoms with Crippen molar-refractivity contribution in [3.8, 4) is 17.5 Å². The van der Waals surface area contributed by atoms with Crippen molar-refractivity contribution in [1.29, 1.82) is 0 Å². The SMILES string of the molecule is O=[N+]([O-])c1cn2c(n1)OC(COc1ccc(N3CCN(CCCCCc4ccc(OC(F)(F)F)cc4)CC3)cc1)CC2. The molecule has 3 aromatic rings. The van der Waals surface area contributed by atoms with E-state index in [0.29, 0.717) is 19.6 Å². The summed E-state index contributed by atoms with van der Waals surface area (Å²) in [4.78, 5) is 19.2.